The molecule has 1 aromatic carbocycles. The van der Waals surface area contributed by atoms with E-state index < -0.39 is 0 Å². The smallest absolute Gasteiger partial charge is 0.123 e. The fraction of sp³-hybridized carbons (Fsp3) is 0.625. The summed E-state index contributed by atoms with van der Waals surface area (Å²) in [6.45, 7) is 10.9. The number of nitrogens with one attached hydrogen (secondary N) is 1. The Balaban J connectivity index is 1.40. The predicted molar refractivity (Wildman–Crippen MR) is 121 cm³/mol. The van der Waals surface area contributed by atoms with Crippen LogP contribution in [0.25, 0.3) is 11.3 Å². The average Bonchev–Trinajstić information content (AvgIpc) is 3.22. The number of aliphatic hydroxyl groups is 1. The Hall–Kier alpha value is -1.80. The Bertz CT molecular complexity index is 833. The third-order valence-electron chi connectivity index (χ3n) is 7.00. The van der Waals surface area contributed by atoms with Gasteiger partial charge in [-0.25, -0.2) is 4.39 Å². The lowest BCUT2D eigenvalue weighted by molar-refractivity contribution is 0.00000985. The number of halogens is 1. The predicted octanol–water partition coefficient (Wildman–Crippen LogP) is 2.96. The molecule has 2 fully saturated rings. The molecule has 7 heteroatoms. The molecule has 2 aliphatic heterocycles. The molecule has 0 unspecified atom stereocenters. The molecule has 2 N–H and O–H groups in total. The quantitative estimate of drug-likeness (QED) is 0.709. The van der Waals surface area contributed by atoms with E-state index in [9.17, 15) is 9.50 Å². The van der Waals surface area contributed by atoms with E-state index in [-0.39, 0.29) is 12.4 Å². The summed E-state index contributed by atoms with van der Waals surface area (Å²) in [6, 6.07) is 8.26. The molecular formula is C24H36FN5O. The topological polar surface area (TPSA) is 58.6 Å². The van der Waals surface area contributed by atoms with Gasteiger partial charge >= 0.3 is 0 Å². The minimum atomic E-state index is -0.238. The third kappa shape index (κ3) is 5.34. The number of aliphatic hydroxyl groups excluding tert-OH is 1. The van der Waals surface area contributed by atoms with E-state index in [0.29, 0.717) is 18.1 Å². The van der Waals surface area contributed by atoms with Crippen molar-refractivity contribution in [2.45, 2.75) is 57.8 Å². The van der Waals surface area contributed by atoms with Crippen LogP contribution < -0.4 is 0 Å². The number of nitrogens with zero attached hydrogens (tertiary/aromatic N) is 4. The molecule has 0 aliphatic carbocycles. The molecule has 1 atom stereocenters. The SMILES string of the molecule is CC(C)N1CCC(N2CCN(Cc3cn[nH]c3-c3cccc(F)c3)C[C@@H]2CCO)CC1. The van der Waals surface area contributed by atoms with Gasteiger partial charge in [-0.3, -0.25) is 14.9 Å². The summed E-state index contributed by atoms with van der Waals surface area (Å²) >= 11 is 0. The lowest BCUT2D eigenvalue weighted by atomic mass is 9.97. The number of aromatic nitrogens is 2. The van der Waals surface area contributed by atoms with Gasteiger partial charge in [0.05, 0.1) is 11.9 Å². The van der Waals surface area contributed by atoms with Crippen molar-refractivity contribution in [3.63, 3.8) is 0 Å². The highest BCUT2D eigenvalue weighted by Gasteiger charge is 2.34. The van der Waals surface area contributed by atoms with Gasteiger partial charge in [0, 0.05) is 62.0 Å². The molecule has 2 aliphatic rings. The number of hydrogen-bond acceptors (Lipinski definition) is 5. The van der Waals surface area contributed by atoms with Crippen LogP contribution in [0.5, 0.6) is 0 Å². The van der Waals surface area contributed by atoms with Crippen LogP contribution in [-0.4, -0.2) is 87.5 Å². The summed E-state index contributed by atoms with van der Waals surface area (Å²) in [4.78, 5) is 7.68. The summed E-state index contributed by atoms with van der Waals surface area (Å²) in [5.41, 5.74) is 2.81. The molecule has 0 spiro atoms. The first-order valence-electron chi connectivity index (χ1n) is 11.7. The highest BCUT2D eigenvalue weighted by Crippen LogP contribution is 2.27. The van der Waals surface area contributed by atoms with Crippen LogP contribution in [0.4, 0.5) is 4.39 Å². The molecule has 170 valence electrons. The van der Waals surface area contributed by atoms with Crippen molar-refractivity contribution in [3.05, 3.63) is 41.8 Å². The fourth-order valence-corrected chi connectivity index (χ4v) is 5.26. The fourth-order valence-electron chi connectivity index (χ4n) is 5.26. The average molecular weight is 430 g/mol. The second-order valence-corrected chi connectivity index (χ2v) is 9.28. The zero-order valence-corrected chi connectivity index (χ0v) is 18.8. The highest BCUT2D eigenvalue weighted by atomic mass is 19.1. The highest BCUT2D eigenvalue weighted by molar-refractivity contribution is 5.62. The first-order chi connectivity index (χ1) is 15.0. The summed E-state index contributed by atoms with van der Waals surface area (Å²) in [5.74, 6) is -0.238. The maximum absolute atomic E-state index is 13.7. The van der Waals surface area contributed by atoms with E-state index >= 15 is 0 Å². The molecule has 0 saturated carbocycles. The van der Waals surface area contributed by atoms with E-state index in [1.807, 2.05) is 12.3 Å². The van der Waals surface area contributed by atoms with E-state index in [1.165, 1.54) is 32.0 Å². The van der Waals surface area contributed by atoms with Gasteiger partial charge in [-0.15, -0.1) is 0 Å². The Morgan fingerprint density at radius 3 is 2.71 bits per heavy atom. The number of H-pyrrole nitrogens is 1. The van der Waals surface area contributed by atoms with Crippen molar-refractivity contribution < 1.29 is 9.50 Å². The molecule has 0 amide bonds. The van der Waals surface area contributed by atoms with Gasteiger partial charge in [0.2, 0.25) is 0 Å². The van der Waals surface area contributed by atoms with Gasteiger partial charge < -0.3 is 10.0 Å². The van der Waals surface area contributed by atoms with Gasteiger partial charge in [-0.1, -0.05) is 12.1 Å². The molecule has 0 bridgehead atoms. The molecule has 3 heterocycles. The second kappa shape index (κ2) is 10.2. The Labute approximate surface area is 185 Å². The van der Waals surface area contributed by atoms with Crippen LogP contribution in [-0.2, 0) is 6.54 Å². The number of hydrogen-bond donors (Lipinski definition) is 2. The van der Waals surface area contributed by atoms with Gasteiger partial charge in [0.15, 0.2) is 0 Å². The molecule has 2 aromatic rings. The second-order valence-electron chi connectivity index (χ2n) is 9.28. The number of benzene rings is 1. The number of piperidine rings is 1. The minimum Gasteiger partial charge on any atom is -0.396 e. The maximum atomic E-state index is 13.7. The Morgan fingerprint density at radius 2 is 2.00 bits per heavy atom. The van der Waals surface area contributed by atoms with E-state index in [0.717, 1.165) is 49.4 Å². The summed E-state index contributed by atoms with van der Waals surface area (Å²) in [5, 5.41) is 17.0. The van der Waals surface area contributed by atoms with Crippen LogP contribution in [0.3, 0.4) is 0 Å². The molecule has 0 radical (unpaired) electrons. The summed E-state index contributed by atoms with van der Waals surface area (Å²) in [7, 11) is 0. The van der Waals surface area contributed by atoms with E-state index in [4.69, 9.17) is 0 Å². The third-order valence-corrected chi connectivity index (χ3v) is 7.00. The molecule has 4 rings (SSSR count). The zero-order valence-electron chi connectivity index (χ0n) is 18.8. The summed E-state index contributed by atoms with van der Waals surface area (Å²) < 4.78 is 13.7. The van der Waals surface area contributed by atoms with Crippen molar-refractivity contribution in [2.24, 2.45) is 0 Å². The lowest BCUT2D eigenvalue weighted by Gasteiger charge is -2.48. The van der Waals surface area contributed by atoms with Crippen LogP contribution in [0.15, 0.2) is 30.5 Å². The van der Waals surface area contributed by atoms with E-state index in [1.54, 1.807) is 12.1 Å². The minimum absolute atomic E-state index is 0.222. The van der Waals surface area contributed by atoms with Crippen molar-refractivity contribution in [3.8, 4) is 11.3 Å². The Kier molecular flexibility index (Phi) is 7.38. The van der Waals surface area contributed by atoms with Crippen LogP contribution >= 0.6 is 0 Å². The van der Waals surface area contributed by atoms with Crippen LogP contribution in [0.1, 0.15) is 38.7 Å². The van der Waals surface area contributed by atoms with Crippen molar-refractivity contribution in [2.75, 3.05) is 39.3 Å². The monoisotopic (exact) mass is 429 g/mol. The molecule has 6 nitrogen and oxygen atoms in total. The Morgan fingerprint density at radius 1 is 1.19 bits per heavy atom. The normalized spacial score (nSPS) is 22.4. The zero-order chi connectivity index (χ0) is 21.8. The van der Waals surface area contributed by atoms with Gasteiger partial charge in [0.1, 0.15) is 5.82 Å². The van der Waals surface area contributed by atoms with E-state index in [2.05, 4.69) is 38.7 Å². The maximum Gasteiger partial charge on any atom is 0.123 e. The van der Waals surface area contributed by atoms with Crippen molar-refractivity contribution >= 4 is 0 Å². The van der Waals surface area contributed by atoms with Gasteiger partial charge in [0.25, 0.3) is 0 Å². The van der Waals surface area contributed by atoms with Crippen LogP contribution in [0, 0.1) is 5.82 Å². The number of likely N-dealkylation sites (tertiary alicyclic amines) is 1. The standard InChI is InChI=1S/C24H36FN5O/c1-18(2)29-9-6-22(7-10-29)30-12-11-28(17-23(30)8-13-31)16-20-15-26-27-24(20)19-4-3-5-21(25)14-19/h3-5,14-15,18,22-23,31H,6-13,16-17H2,1-2H3,(H,26,27)/t23-/m0/s1. The first kappa shape index (κ1) is 22.4. The first-order valence-corrected chi connectivity index (χ1v) is 11.7. The lowest BCUT2D eigenvalue weighted by Crippen LogP contribution is -2.58. The molecular weight excluding hydrogens is 393 g/mol. The summed E-state index contributed by atoms with van der Waals surface area (Å²) in [6.07, 6.45) is 5.09. The number of piperazine rings is 1. The number of rotatable bonds is 7. The van der Waals surface area contributed by atoms with Gasteiger partial charge in [-0.2, -0.15) is 5.10 Å². The largest absolute Gasteiger partial charge is 0.396 e. The number of aromatic amines is 1. The van der Waals surface area contributed by atoms with Crippen molar-refractivity contribution in [1.82, 2.24) is 24.9 Å². The van der Waals surface area contributed by atoms with Gasteiger partial charge in [-0.05, 0) is 58.3 Å². The van der Waals surface area contributed by atoms with Crippen LogP contribution in [0.2, 0.25) is 0 Å². The molecule has 2 saturated heterocycles. The van der Waals surface area contributed by atoms with Crippen molar-refractivity contribution in [1.29, 1.82) is 0 Å². The molecule has 31 heavy (non-hydrogen) atoms. The molecule has 1 aromatic heterocycles.